The van der Waals surface area contributed by atoms with Gasteiger partial charge in [0.05, 0.1) is 0 Å². The van der Waals surface area contributed by atoms with Crippen molar-refractivity contribution in [3.05, 3.63) is 0 Å². The minimum atomic E-state index is -0.892. The van der Waals surface area contributed by atoms with Crippen LogP contribution in [0.4, 0.5) is 0 Å². The SMILES string of the molecule is O=C(O)CC[C@@H]1CN[C@H]1C(=O)O. The van der Waals surface area contributed by atoms with Crippen molar-refractivity contribution >= 4 is 11.9 Å². The highest BCUT2D eigenvalue weighted by Crippen LogP contribution is 2.18. The van der Waals surface area contributed by atoms with Crippen molar-refractivity contribution in [2.75, 3.05) is 6.54 Å². The lowest BCUT2D eigenvalue weighted by Gasteiger charge is -2.34. The minimum Gasteiger partial charge on any atom is -0.481 e. The molecule has 0 amide bonds. The van der Waals surface area contributed by atoms with E-state index in [0.717, 1.165) is 0 Å². The van der Waals surface area contributed by atoms with Gasteiger partial charge in [0.1, 0.15) is 6.04 Å². The second kappa shape index (κ2) is 3.53. The summed E-state index contributed by atoms with van der Waals surface area (Å²) in [6, 6.07) is -0.538. The van der Waals surface area contributed by atoms with Gasteiger partial charge in [-0.05, 0) is 12.3 Å². The molecule has 5 heteroatoms. The third kappa shape index (κ3) is 1.94. The van der Waals surface area contributed by atoms with Crippen LogP contribution in [-0.2, 0) is 9.59 Å². The van der Waals surface area contributed by atoms with Crippen molar-refractivity contribution < 1.29 is 19.8 Å². The summed E-state index contributed by atoms with van der Waals surface area (Å²) in [5, 5.41) is 19.6. The summed E-state index contributed by atoms with van der Waals surface area (Å²) in [5.74, 6) is -1.78. The van der Waals surface area contributed by atoms with E-state index in [9.17, 15) is 9.59 Å². The Kier molecular flexibility index (Phi) is 2.65. The van der Waals surface area contributed by atoms with Crippen molar-refractivity contribution in [1.29, 1.82) is 0 Å². The molecule has 0 aromatic rings. The molecule has 0 bridgehead atoms. The van der Waals surface area contributed by atoms with Gasteiger partial charge in [0.2, 0.25) is 0 Å². The zero-order valence-corrected chi connectivity index (χ0v) is 6.49. The van der Waals surface area contributed by atoms with E-state index in [1.54, 1.807) is 0 Å². The highest BCUT2D eigenvalue weighted by molar-refractivity contribution is 5.75. The van der Waals surface area contributed by atoms with E-state index in [0.29, 0.717) is 13.0 Å². The number of carboxylic acids is 2. The molecule has 0 radical (unpaired) electrons. The Hall–Kier alpha value is -1.10. The van der Waals surface area contributed by atoms with E-state index in [2.05, 4.69) is 5.32 Å². The Morgan fingerprint density at radius 3 is 2.42 bits per heavy atom. The Labute approximate surface area is 69.4 Å². The summed E-state index contributed by atoms with van der Waals surface area (Å²) in [4.78, 5) is 20.6. The van der Waals surface area contributed by atoms with E-state index < -0.39 is 18.0 Å². The summed E-state index contributed by atoms with van der Waals surface area (Å²) in [6.07, 6.45) is 0.495. The molecule has 68 valence electrons. The van der Waals surface area contributed by atoms with Gasteiger partial charge in [-0.1, -0.05) is 0 Å². The van der Waals surface area contributed by atoms with Gasteiger partial charge >= 0.3 is 11.9 Å². The predicted molar refractivity (Wildman–Crippen MR) is 39.8 cm³/mol. The number of hydrogen-bond acceptors (Lipinski definition) is 3. The molecule has 1 fully saturated rings. The van der Waals surface area contributed by atoms with Crippen molar-refractivity contribution in [2.24, 2.45) is 5.92 Å². The van der Waals surface area contributed by atoms with E-state index >= 15 is 0 Å². The van der Waals surface area contributed by atoms with Crippen molar-refractivity contribution in [3.8, 4) is 0 Å². The molecule has 12 heavy (non-hydrogen) atoms. The molecule has 0 saturated carbocycles. The van der Waals surface area contributed by atoms with E-state index in [1.807, 2.05) is 0 Å². The van der Waals surface area contributed by atoms with Crippen LogP contribution in [0, 0.1) is 5.92 Å². The Bertz CT molecular complexity index is 204. The van der Waals surface area contributed by atoms with Gasteiger partial charge in [-0.15, -0.1) is 0 Å². The normalized spacial score (nSPS) is 27.7. The van der Waals surface area contributed by atoms with Crippen LogP contribution in [-0.4, -0.2) is 34.7 Å². The molecular weight excluding hydrogens is 162 g/mol. The lowest BCUT2D eigenvalue weighted by atomic mass is 9.87. The molecule has 3 N–H and O–H groups in total. The number of rotatable bonds is 4. The third-order valence-corrected chi connectivity index (χ3v) is 2.07. The summed E-state index contributed by atoms with van der Waals surface area (Å²) >= 11 is 0. The first kappa shape index (κ1) is 8.99. The van der Waals surface area contributed by atoms with E-state index in [1.165, 1.54) is 0 Å². The average Bonchev–Trinajstić information content (AvgIpc) is 1.82. The van der Waals surface area contributed by atoms with Crippen molar-refractivity contribution in [1.82, 2.24) is 5.32 Å². The van der Waals surface area contributed by atoms with Crippen LogP contribution >= 0.6 is 0 Å². The number of hydrogen-bond donors (Lipinski definition) is 3. The van der Waals surface area contributed by atoms with Crippen LogP contribution in [0.2, 0.25) is 0 Å². The lowest BCUT2D eigenvalue weighted by molar-refractivity contribution is -0.145. The Balaban J connectivity index is 2.25. The van der Waals surface area contributed by atoms with Crippen LogP contribution in [0.5, 0.6) is 0 Å². The first-order valence-corrected chi connectivity index (χ1v) is 3.79. The largest absolute Gasteiger partial charge is 0.481 e. The first-order valence-electron chi connectivity index (χ1n) is 3.79. The molecule has 0 aliphatic carbocycles. The lowest BCUT2D eigenvalue weighted by Crippen LogP contribution is -2.57. The third-order valence-electron chi connectivity index (χ3n) is 2.07. The van der Waals surface area contributed by atoms with Gasteiger partial charge < -0.3 is 15.5 Å². The second-order valence-electron chi connectivity index (χ2n) is 2.92. The quantitative estimate of drug-likeness (QED) is 0.534. The molecule has 1 aliphatic rings. The molecule has 1 saturated heterocycles. The molecule has 1 rings (SSSR count). The van der Waals surface area contributed by atoms with Crippen LogP contribution in [0.3, 0.4) is 0 Å². The van der Waals surface area contributed by atoms with Crippen LogP contribution in [0.1, 0.15) is 12.8 Å². The molecule has 1 heterocycles. The molecular formula is C7H11NO4. The maximum atomic E-state index is 10.4. The molecule has 2 atom stereocenters. The summed E-state index contributed by atoms with van der Waals surface area (Å²) in [5.41, 5.74) is 0. The standard InChI is InChI=1S/C7H11NO4/c9-5(10)2-1-4-3-8-6(4)7(11)12/h4,6,8H,1-3H2,(H,9,10)(H,11,12)/t4-,6-/m1/s1. The van der Waals surface area contributed by atoms with Gasteiger partial charge in [0, 0.05) is 13.0 Å². The summed E-state index contributed by atoms with van der Waals surface area (Å²) < 4.78 is 0. The van der Waals surface area contributed by atoms with Gasteiger partial charge in [-0.25, -0.2) is 0 Å². The van der Waals surface area contributed by atoms with Crippen molar-refractivity contribution in [3.63, 3.8) is 0 Å². The van der Waals surface area contributed by atoms with Crippen LogP contribution in [0.15, 0.2) is 0 Å². The van der Waals surface area contributed by atoms with Crippen LogP contribution < -0.4 is 5.32 Å². The topological polar surface area (TPSA) is 86.6 Å². The molecule has 0 aromatic heterocycles. The highest BCUT2D eigenvalue weighted by atomic mass is 16.4. The molecule has 0 spiro atoms. The molecule has 1 aliphatic heterocycles. The highest BCUT2D eigenvalue weighted by Gasteiger charge is 2.35. The zero-order chi connectivity index (χ0) is 9.14. The average molecular weight is 173 g/mol. The summed E-state index contributed by atoms with van der Waals surface area (Å²) in [6.45, 7) is 0.615. The number of carbonyl (C=O) groups is 2. The first-order chi connectivity index (χ1) is 5.61. The molecule has 0 aromatic carbocycles. The Morgan fingerprint density at radius 2 is 2.08 bits per heavy atom. The fourth-order valence-corrected chi connectivity index (χ4v) is 1.27. The zero-order valence-electron chi connectivity index (χ0n) is 6.49. The molecule has 0 unspecified atom stereocenters. The fourth-order valence-electron chi connectivity index (χ4n) is 1.27. The minimum absolute atomic E-state index is 0.0152. The van der Waals surface area contributed by atoms with E-state index in [-0.39, 0.29) is 12.3 Å². The van der Waals surface area contributed by atoms with Gasteiger partial charge in [-0.3, -0.25) is 9.59 Å². The monoisotopic (exact) mass is 173 g/mol. The summed E-state index contributed by atoms with van der Waals surface area (Å²) in [7, 11) is 0. The predicted octanol–water partition coefficient (Wildman–Crippen LogP) is -0.476. The smallest absolute Gasteiger partial charge is 0.321 e. The van der Waals surface area contributed by atoms with E-state index in [4.69, 9.17) is 10.2 Å². The number of nitrogens with one attached hydrogen (secondary N) is 1. The molecule has 5 nitrogen and oxygen atoms in total. The second-order valence-corrected chi connectivity index (χ2v) is 2.92. The fraction of sp³-hybridized carbons (Fsp3) is 0.714. The van der Waals surface area contributed by atoms with Gasteiger partial charge in [-0.2, -0.15) is 0 Å². The van der Waals surface area contributed by atoms with Crippen LogP contribution in [0.25, 0.3) is 0 Å². The maximum absolute atomic E-state index is 10.4. The van der Waals surface area contributed by atoms with Gasteiger partial charge in [0.15, 0.2) is 0 Å². The Morgan fingerprint density at radius 1 is 1.42 bits per heavy atom. The maximum Gasteiger partial charge on any atom is 0.321 e. The van der Waals surface area contributed by atoms with Crippen molar-refractivity contribution in [2.45, 2.75) is 18.9 Å². The number of carboxylic acid groups (broad SMARTS) is 2. The van der Waals surface area contributed by atoms with Gasteiger partial charge in [0.25, 0.3) is 0 Å². The number of aliphatic carboxylic acids is 2.